The average Bonchev–Trinajstić information content (AvgIpc) is 3.71. The summed E-state index contributed by atoms with van der Waals surface area (Å²) in [6, 6.07) is 4.64. The maximum Gasteiger partial charge on any atom is 0.262 e. The number of aryl methyl sites for hydroxylation is 1. The molecular weight excluding hydrogens is 404 g/mol. The fourth-order valence-electron chi connectivity index (χ4n) is 4.35. The van der Waals surface area contributed by atoms with Gasteiger partial charge < -0.3 is 25.1 Å². The zero-order valence-electron chi connectivity index (χ0n) is 18.8. The van der Waals surface area contributed by atoms with Crippen LogP contribution < -0.4 is 21.5 Å². The van der Waals surface area contributed by atoms with Crippen LogP contribution >= 0.6 is 0 Å². The summed E-state index contributed by atoms with van der Waals surface area (Å²) >= 11 is 0. The molecule has 0 radical (unpaired) electrons. The van der Waals surface area contributed by atoms with Crippen molar-refractivity contribution in [2.45, 2.75) is 58.2 Å². The van der Waals surface area contributed by atoms with Gasteiger partial charge in [-0.3, -0.25) is 9.59 Å². The van der Waals surface area contributed by atoms with Crippen LogP contribution in [-0.2, 0) is 6.54 Å². The van der Waals surface area contributed by atoms with Crippen molar-refractivity contribution in [3.05, 3.63) is 46.6 Å². The zero-order chi connectivity index (χ0) is 22.4. The topological polar surface area (TPSA) is 93.0 Å². The highest BCUT2D eigenvalue weighted by atomic mass is 16.1. The van der Waals surface area contributed by atoms with Crippen molar-refractivity contribution in [2.75, 3.05) is 17.7 Å². The van der Waals surface area contributed by atoms with E-state index >= 15 is 0 Å². The fraction of sp³-hybridized carbons (Fsp3) is 0.458. The average molecular weight is 435 g/mol. The molecule has 3 aromatic rings. The number of aromatic nitrogens is 3. The minimum Gasteiger partial charge on any atom is -0.367 e. The second kappa shape index (κ2) is 8.00. The maximum atomic E-state index is 13.2. The van der Waals surface area contributed by atoms with Gasteiger partial charge in [0.25, 0.3) is 11.5 Å². The summed E-state index contributed by atoms with van der Waals surface area (Å²) in [6.45, 7) is 4.73. The smallest absolute Gasteiger partial charge is 0.262 e. The molecule has 32 heavy (non-hydrogen) atoms. The molecule has 8 nitrogen and oxygen atoms in total. The lowest BCUT2D eigenvalue weighted by molar-refractivity contribution is 0.0963. The fourth-order valence-corrected chi connectivity index (χ4v) is 4.35. The molecule has 0 spiro atoms. The second-order valence-electron chi connectivity index (χ2n) is 8.94. The Morgan fingerprint density at radius 3 is 2.69 bits per heavy atom. The number of amides is 1. The summed E-state index contributed by atoms with van der Waals surface area (Å²) in [7, 11) is 1.60. The van der Waals surface area contributed by atoms with Gasteiger partial charge in [-0.1, -0.05) is 0 Å². The van der Waals surface area contributed by atoms with E-state index in [9.17, 15) is 9.59 Å². The first-order chi connectivity index (χ1) is 15.5. The molecule has 3 heterocycles. The summed E-state index contributed by atoms with van der Waals surface area (Å²) in [5.41, 5.74) is 2.70. The molecule has 2 fully saturated rings. The molecule has 2 saturated carbocycles. The second-order valence-corrected chi connectivity index (χ2v) is 8.94. The van der Waals surface area contributed by atoms with E-state index in [0.717, 1.165) is 29.9 Å². The number of nitrogens with zero attached hydrogens (tertiary/aromatic N) is 3. The van der Waals surface area contributed by atoms with Crippen molar-refractivity contribution in [3.63, 3.8) is 0 Å². The van der Waals surface area contributed by atoms with Crippen LogP contribution in [0.25, 0.3) is 10.9 Å². The first-order valence-corrected chi connectivity index (χ1v) is 11.5. The van der Waals surface area contributed by atoms with Crippen LogP contribution in [0.2, 0.25) is 0 Å². The Hall–Kier alpha value is -3.29. The van der Waals surface area contributed by atoms with Gasteiger partial charge in [0.2, 0.25) is 0 Å². The van der Waals surface area contributed by atoms with E-state index in [1.807, 2.05) is 31.5 Å². The van der Waals surface area contributed by atoms with Crippen LogP contribution in [0, 0.1) is 5.92 Å². The number of pyridine rings is 2. The Balaban J connectivity index is 1.58. The Kier molecular flexibility index (Phi) is 5.15. The highest BCUT2D eigenvalue weighted by Gasteiger charge is 2.29. The molecule has 3 aromatic heterocycles. The third kappa shape index (κ3) is 3.74. The normalized spacial score (nSPS) is 16.7. The SMILES string of the molecule is CCn1ccc2c(c(Nc3cc(NC(C)C4CC4)ncc3C(=O)NC)cn2C2CC2)c1=O. The Bertz CT molecular complexity index is 1240. The summed E-state index contributed by atoms with van der Waals surface area (Å²) in [5.74, 6) is 1.17. The summed E-state index contributed by atoms with van der Waals surface area (Å²) in [4.78, 5) is 30.2. The van der Waals surface area contributed by atoms with E-state index in [2.05, 4.69) is 32.4 Å². The molecule has 5 rings (SSSR count). The molecule has 2 aliphatic carbocycles. The summed E-state index contributed by atoms with van der Waals surface area (Å²) < 4.78 is 3.90. The number of fused-ring (bicyclic) bond motifs is 1. The number of carbonyl (C=O) groups is 1. The molecule has 2 aliphatic rings. The van der Waals surface area contributed by atoms with Crippen LogP contribution in [0.4, 0.5) is 17.2 Å². The minimum atomic E-state index is -0.223. The van der Waals surface area contributed by atoms with Gasteiger partial charge in [-0.2, -0.15) is 0 Å². The third-order valence-corrected chi connectivity index (χ3v) is 6.59. The molecular formula is C24H30N6O2. The van der Waals surface area contributed by atoms with Crippen molar-refractivity contribution >= 4 is 34.0 Å². The third-order valence-electron chi connectivity index (χ3n) is 6.59. The molecule has 0 aromatic carbocycles. The lowest BCUT2D eigenvalue weighted by atomic mass is 10.1. The Labute approximate surface area is 187 Å². The Morgan fingerprint density at radius 2 is 2.03 bits per heavy atom. The highest BCUT2D eigenvalue weighted by molar-refractivity contribution is 6.02. The summed E-state index contributed by atoms with van der Waals surface area (Å²) in [5, 5.41) is 10.2. The van der Waals surface area contributed by atoms with E-state index in [4.69, 9.17) is 0 Å². The van der Waals surface area contributed by atoms with E-state index in [1.165, 1.54) is 12.8 Å². The lowest BCUT2D eigenvalue weighted by Gasteiger charge is -2.16. The van der Waals surface area contributed by atoms with Crippen LogP contribution in [-0.4, -0.2) is 33.1 Å². The lowest BCUT2D eigenvalue weighted by Crippen LogP contribution is -2.22. The number of rotatable bonds is 8. The standard InChI is InChI=1S/C24H30N6O2/c1-4-29-10-9-20-22(24(29)32)19(13-30(20)16-7-8-16)28-18-11-21(27-14(2)15-5-6-15)26-12-17(18)23(31)25-3/h9-16H,4-8H2,1-3H3,(H,25,31)(H2,26,27,28). The van der Waals surface area contributed by atoms with Crippen LogP contribution in [0.1, 0.15) is 55.9 Å². The predicted octanol–water partition coefficient (Wildman–Crippen LogP) is 3.87. The van der Waals surface area contributed by atoms with Gasteiger partial charge in [0.1, 0.15) is 5.82 Å². The number of nitrogens with one attached hydrogen (secondary N) is 3. The van der Waals surface area contributed by atoms with E-state index < -0.39 is 0 Å². The number of hydrogen-bond acceptors (Lipinski definition) is 5. The molecule has 0 saturated heterocycles. The number of anilines is 3. The molecule has 0 aliphatic heterocycles. The molecule has 0 bridgehead atoms. The molecule has 168 valence electrons. The minimum absolute atomic E-state index is 0.0249. The van der Waals surface area contributed by atoms with Crippen molar-refractivity contribution in [3.8, 4) is 0 Å². The zero-order valence-corrected chi connectivity index (χ0v) is 18.8. The van der Waals surface area contributed by atoms with Gasteiger partial charge >= 0.3 is 0 Å². The Morgan fingerprint density at radius 1 is 1.25 bits per heavy atom. The van der Waals surface area contributed by atoms with Crippen molar-refractivity contribution < 1.29 is 4.79 Å². The maximum absolute atomic E-state index is 13.2. The predicted molar refractivity (Wildman–Crippen MR) is 127 cm³/mol. The number of carbonyl (C=O) groups excluding carboxylic acids is 1. The van der Waals surface area contributed by atoms with Gasteiger partial charge in [-0.25, -0.2) is 4.98 Å². The quantitative estimate of drug-likeness (QED) is 0.501. The molecule has 1 unspecified atom stereocenters. The number of hydrogen-bond donors (Lipinski definition) is 3. The van der Waals surface area contributed by atoms with E-state index in [0.29, 0.717) is 41.2 Å². The van der Waals surface area contributed by atoms with E-state index in [1.54, 1.807) is 17.8 Å². The monoisotopic (exact) mass is 434 g/mol. The van der Waals surface area contributed by atoms with Gasteiger partial charge in [0.15, 0.2) is 0 Å². The van der Waals surface area contributed by atoms with Crippen molar-refractivity contribution in [2.24, 2.45) is 5.92 Å². The van der Waals surface area contributed by atoms with Crippen LogP contribution in [0.3, 0.4) is 0 Å². The molecule has 3 N–H and O–H groups in total. The molecule has 1 atom stereocenters. The first kappa shape index (κ1) is 20.6. The highest BCUT2D eigenvalue weighted by Crippen LogP contribution is 2.40. The largest absolute Gasteiger partial charge is 0.367 e. The van der Waals surface area contributed by atoms with Crippen LogP contribution in [0.15, 0.2) is 35.5 Å². The van der Waals surface area contributed by atoms with Gasteiger partial charge in [-0.15, -0.1) is 0 Å². The van der Waals surface area contributed by atoms with E-state index in [-0.39, 0.29) is 11.5 Å². The van der Waals surface area contributed by atoms with Crippen molar-refractivity contribution in [1.29, 1.82) is 0 Å². The van der Waals surface area contributed by atoms with Gasteiger partial charge in [0, 0.05) is 50.3 Å². The van der Waals surface area contributed by atoms with Crippen molar-refractivity contribution in [1.82, 2.24) is 19.4 Å². The van der Waals surface area contributed by atoms with Crippen LogP contribution in [0.5, 0.6) is 0 Å². The molecule has 8 heteroatoms. The molecule has 1 amide bonds. The van der Waals surface area contributed by atoms with Gasteiger partial charge in [0.05, 0.1) is 27.8 Å². The van der Waals surface area contributed by atoms with Gasteiger partial charge in [-0.05, 0) is 51.5 Å². The first-order valence-electron chi connectivity index (χ1n) is 11.5. The summed E-state index contributed by atoms with van der Waals surface area (Å²) in [6.07, 6.45) is 10.2.